The highest BCUT2D eigenvalue weighted by atomic mass is 16.1. The first-order chi connectivity index (χ1) is 7.66. The standard InChI is InChI=1S/C14H19NO/c1-11-8-14(16)10-15(12(11)2)9-13-6-4-3-5-7-13/h3-7,11-12H,8-10H2,1-2H3/t11-,12+/m0/s1. The van der Waals surface area contributed by atoms with E-state index >= 15 is 0 Å². The molecule has 0 N–H and O–H groups in total. The van der Waals surface area contributed by atoms with Gasteiger partial charge in [-0.3, -0.25) is 9.69 Å². The number of nitrogens with zero attached hydrogens (tertiary/aromatic N) is 1. The average molecular weight is 217 g/mol. The minimum Gasteiger partial charge on any atom is -0.298 e. The van der Waals surface area contributed by atoms with E-state index in [4.69, 9.17) is 0 Å². The number of ketones is 1. The highest BCUT2D eigenvalue weighted by Crippen LogP contribution is 2.22. The fourth-order valence-corrected chi connectivity index (χ4v) is 2.34. The Morgan fingerprint density at radius 1 is 1.25 bits per heavy atom. The van der Waals surface area contributed by atoms with Gasteiger partial charge in [-0.25, -0.2) is 0 Å². The minimum absolute atomic E-state index is 0.376. The molecule has 1 aromatic carbocycles. The molecule has 0 saturated carbocycles. The van der Waals surface area contributed by atoms with Crippen LogP contribution >= 0.6 is 0 Å². The Balaban J connectivity index is 2.06. The van der Waals surface area contributed by atoms with E-state index in [1.807, 2.05) is 6.07 Å². The van der Waals surface area contributed by atoms with E-state index < -0.39 is 0 Å². The molecule has 1 aliphatic heterocycles. The smallest absolute Gasteiger partial charge is 0.147 e. The van der Waals surface area contributed by atoms with Crippen molar-refractivity contribution in [3.8, 4) is 0 Å². The molecule has 1 aromatic rings. The second kappa shape index (κ2) is 4.79. The van der Waals surface area contributed by atoms with Crippen molar-refractivity contribution in [3.63, 3.8) is 0 Å². The molecule has 0 aliphatic carbocycles. The van der Waals surface area contributed by atoms with E-state index in [0.29, 0.717) is 24.3 Å². The van der Waals surface area contributed by atoms with Gasteiger partial charge in [0.2, 0.25) is 0 Å². The average Bonchev–Trinajstić information content (AvgIpc) is 2.27. The number of rotatable bonds is 2. The van der Waals surface area contributed by atoms with Crippen LogP contribution in [-0.2, 0) is 11.3 Å². The van der Waals surface area contributed by atoms with Crippen LogP contribution in [0.2, 0.25) is 0 Å². The van der Waals surface area contributed by atoms with Gasteiger partial charge in [0.05, 0.1) is 6.54 Å². The zero-order chi connectivity index (χ0) is 11.5. The molecule has 86 valence electrons. The van der Waals surface area contributed by atoms with Crippen molar-refractivity contribution in [2.75, 3.05) is 6.54 Å². The highest BCUT2D eigenvalue weighted by molar-refractivity contribution is 5.81. The van der Waals surface area contributed by atoms with Gasteiger partial charge in [0.25, 0.3) is 0 Å². The van der Waals surface area contributed by atoms with Crippen molar-refractivity contribution in [1.82, 2.24) is 4.90 Å². The third kappa shape index (κ3) is 2.50. The van der Waals surface area contributed by atoms with Gasteiger partial charge in [-0.1, -0.05) is 37.3 Å². The monoisotopic (exact) mass is 217 g/mol. The van der Waals surface area contributed by atoms with Gasteiger partial charge in [0.15, 0.2) is 0 Å². The van der Waals surface area contributed by atoms with Crippen molar-refractivity contribution in [3.05, 3.63) is 35.9 Å². The van der Waals surface area contributed by atoms with Gasteiger partial charge < -0.3 is 0 Å². The molecule has 16 heavy (non-hydrogen) atoms. The van der Waals surface area contributed by atoms with E-state index in [-0.39, 0.29) is 0 Å². The Morgan fingerprint density at radius 2 is 1.94 bits per heavy atom. The summed E-state index contributed by atoms with van der Waals surface area (Å²) >= 11 is 0. The summed E-state index contributed by atoms with van der Waals surface area (Å²) in [7, 11) is 0. The van der Waals surface area contributed by atoms with E-state index in [0.717, 1.165) is 13.0 Å². The molecular weight excluding hydrogens is 198 g/mol. The van der Waals surface area contributed by atoms with Crippen molar-refractivity contribution in [1.29, 1.82) is 0 Å². The summed E-state index contributed by atoms with van der Waals surface area (Å²) < 4.78 is 0. The number of likely N-dealkylation sites (tertiary alicyclic amines) is 1. The quantitative estimate of drug-likeness (QED) is 0.758. The van der Waals surface area contributed by atoms with Gasteiger partial charge in [-0.15, -0.1) is 0 Å². The molecule has 1 fully saturated rings. The molecule has 2 rings (SSSR count). The lowest BCUT2D eigenvalue weighted by molar-refractivity contribution is -0.125. The van der Waals surface area contributed by atoms with Crippen LogP contribution in [-0.4, -0.2) is 23.3 Å². The summed E-state index contributed by atoms with van der Waals surface area (Å²) in [6.45, 7) is 5.89. The number of carbonyl (C=O) groups is 1. The summed E-state index contributed by atoms with van der Waals surface area (Å²) in [6, 6.07) is 10.9. The zero-order valence-electron chi connectivity index (χ0n) is 10.0. The van der Waals surface area contributed by atoms with Gasteiger partial charge in [-0.05, 0) is 18.4 Å². The third-order valence-electron chi connectivity index (χ3n) is 3.56. The first kappa shape index (κ1) is 11.3. The predicted molar refractivity (Wildman–Crippen MR) is 65.1 cm³/mol. The first-order valence-corrected chi connectivity index (χ1v) is 5.96. The SMILES string of the molecule is C[C@@H]1[C@@H](C)CC(=O)CN1Cc1ccccc1. The maximum absolute atomic E-state index is 11.6. The molecule has 0 bridgehead atoms. The van der Waals surface area contributed by atoms with Crippen LogP contribution in [0, 0.1) is 5.92 Å². The van der Waals surface area contributed by atoms with Crippen molar-refractivity contribution < 1.29 is 4.79 Å². The summed E-state index contributed by atoms with van der Waals surface area (Å²) in [6.07, 6.45) is 0.743. The molecule has 1 heterocycles. The second-order valence-electron chi connectivity index (χ2n) is 4.85. The molecule has 0 amide bonds. The van der Waals surface area contributed by atoms with Crippen LogP contribution in [0.5, 0.6) is 0 Å². The van der Waals surface area contributed by atoms with Crippen LogP contribution in [0.3, 0.4) is 0 Å². The summed E-state index contributed by atoms with van der Waals surface area (Å²) in [4.78, 5) is 13.9. The molecule has 2 nitrogen and oxygen atoms in total. The number of hydrogen-bond donors (Lipinski definition) is 0. The molecule has 1 aliphatic rings. The van der Waals surface area contributed by atoms with Crippen LogP contribution < -0.4 is 0 Å². The lowest BCUT2D eigenvalue weighted by atomic mass is 9.91. The van der Waals surface area contributed by atoms with Gasteiger partial charge in [0.1, 0.15) is 5.78 Å². The van der Waals surface area contributed by atoms with E-state index in [9.17, 15) is 4.79 Å². The normalized spacial score (nSPS) is 27.0. The number of hydrogen-bond acceptors (Lipinski definition) is 2. The summed E-state index contributed by atoms with van der Waals surface area (Å²) in [5, 5.41) is 0. The van der Waals surface area contributed by atoms with Crippen LogP contribution in [0.25, 0.3) is 0 Å². The molecule has 0 aromatic heterocycles. The zero-order valence-corrected chi connectivity index (χ0v) is 10.0. The van der Waals surface area contributed by atoms with E-state index in [1.165, 1.54) is 5.56 Å². The molecule has 1 saturated heterocycles. The molecule has 0 spiro atoms. The lowest BCUT2D eigenvalue weighted by Crippen LogP contribution is -2.46. The Bertz CT molecular complexity index is 360. The topological polar surface area (TPSA) is 20.3 Å². The summed E-state index contributed by atoms with van der Waals surface area (Å²) in [5.74, 6) is 0.853. The number of carbonyl (C=O) groups excluding carboxylic acids is 1. The van der Waals surface area contributed by atoms with Gasteiger partial charge in [0, 0.05) is 19.0 Å². The van der Waals surface area contributed by atoms with Crippen LogP contribution in [0.1, 0.15) is 25.8 Å². The van der Waals surface area contributed by atoms with E-state index in [1.54, 1.807) is 0 Å². The Hall–Kier alpha value is -1.15. The maximum Gasteiger partial charge on any atom is 0.147 e. The van der Waals surface area contributed by atoms with Gasteiger partial charge >= 0.3 is 0 Å². The van der Waals surface area contributed by atoms with E-state index in [2.05, 4.69) is 43.0 Å². The fourth-order valence-electron chi connectivity index (χ4n) is 2.34. The van der Waals surface area contributed by atoms with Crippen molar-refractivity contribution in [2.24, 2.45) is 5.92 Å². The molecule has 0 radical (unpaired) electrons. The molecule has 0 unspecified atom stereocenters. The number of Topliss-reactive ketones (excluding diaryl/α,β-unsaturated/α-hetero) is 1. The van der Waals surface area contributed by atoms with Crippen LogP contribution in [0.4, 0.5) is 0 Å². The Kier molecular flexibility index (Phi) is 3.39. The molecule has 2 heteroatoms. The lowest BCUT2D eigenvalue weighted by Gasteiger charge is -2.37. The molecular formula is C14H19NO. The fraction of sp³-hybridized carbons (Fsp3) is 0.500. The largest absolute Gasteiger partial charge is 0.298 e. The van der Waals surface area contributed by atoms with Gasteiger partial charge in [-0.2, -0.15) is 0 Å². The van der Waals surface area contributed by atoms with Crippen LogP contribution in [0.15, 0.2) is 30.3 Å². The van der Waals surface area contributed by atoms with Crippen molar-refractivity contribution >= 4 is 5.78 Å². The first-order valence-electron chi connectivity index (χ1n) is 5.96. The Morgan fingerprint density at radius 3 is 2.62 bits per heavy atom. The second-order valence-corrected chi connectivity index (χ2v) is 4.85. The number of benzene rings is 1. The maximum atomic E-state index is 11.6. The minimum atomic E-state index is 0.376. The summed E-state index contributed by atoms with van der Waals surface area (Å²) in [5.41, 5.74) is 1.29. The third-order valence-corrected chi connectivity index (χ3v) is 3.56. The highest BCUT2D eigenvalue weighted by Gasteiger charge is 2.29. The van der Waals surface area contributed by atoms with Crippen molar-refractivity contribution in [2.45, 2.75) is 32.9 Å². The Labute approximate surface area is 97.3 Å². The molecule has 2 atom stereocenters. The number of piperidine rings is 1. The predicted octanol–water partition coefficient (Wildman–Crippen LogP) is 2.49.